The number of methoxy groups -OCH3 is 1. The molecule has 2 aromatic heterocycles. The third-order valence-electron chi connectivity index (χ3n) is 4.99. The number of benzene rings is 1. The van der Waals surface area contributed by atoms with Crippen LogP contribution in [-0.4, -0.2) is 57.7 Å². The molecule has 3 heterocycles. The summed E-state index contributed by atoms with van der Waals surface area (Å²) >= 11 is 0. The average molecular weight is 423 g/mol. The van der Waals surface area contributed by atoms with Crippen LogP contribution in [0.15, 0.2) is 41.2 Å². The van der Waals surface area contributed by atoms with Gasteiger partial charge in [0.1, 0.15) is 11.6 Å². The number of aromatic nitrogens is 4. The molecule has 0 saturated carbocycles. The molecule has 0 N–H and O–H groups in total. The van der Waals surface area contributed by atoms with Crippen molar-refractivity contribution >= 4 is 5.91 Å². The molecule has 9 heteroatoms. The summed E-state index contributed by atoms with van der Waals surface area (Å²) in [5.74, 6) is 2.08. The number of nitrogens with zero attached hydrogens (tertiary/aromatic N) is 5. The molecule has 0 spiro atoms. The molecule has 1 unspecified atom stereocenters. The minimum Gasteiger partial charge on any atom is -0.497 e. The van der Waals surface area contributed by atoms with Gasteiger partial charge in [0.2, 0.25) is 5.82 Å². The lowest BCUT2D eigenvalue weighted by Crippen LogP contribution is -2.42. The highest BCUT2D eigenvalue weighted by atomic mass is 16.5. The third-order valence-corrected chi connectivity index (χ3v) is 4.99. The van der Waals surface area contributed by atoms with Crippen molar-refractivity contribution in [3.8, 4) is 17.1 Å². The zero-order valence-corrected chi connectivity index (χ0v) is 18.0. The van der Waals surface area contributed by atoms with E-state index in [1.807, 2.05) is 45.0 Å². The van der Waals surface area contributed by atoms with Crippen LogP contribution < -0.4 is 4.74 Å². The van der Waals surface area contributed by atoms with Crippen molar-refractivity contribution in [1.29, 1.82) is 0 Å². The molecule has 1 atom stereocenters. The van der Waals surface area contributed by atoms with Crippen LogP contribution in [0.4, 0.5) is 0 Å². The molecule has 0 radical (unpaired) electrons. The van der Waals surface area contributed by atoms with Crippen molar-refractivity contribution < 1.29 is 18.8 Å². The fourth-order valence-electron chi connectivity index (χ4n) is 3.21. The van der Waals surface area contributed by atoms with Gasteiger partial charge < -0.3 is 18.9 Å². The first kappa shape index (κ1) is 20.9. The molecule has 4 rings (SSSR count). The van der Waals surface area contributed by atoms with Crippen molar-refractivity contribution in [3.05, 3.63) is 53.9 Å². The van der Waals surface area contributed by atoms with Crippen LogP contribution in [0.25, 0.3) is 11.4 Å². The molecule has 1 fully saturated rings. The zero-order valence-electron chi connectivity index (χ0n) is 18.0. The second kappa shape index (κ2) is 8.43. The second-order valence-corrected chi connectivity index (χ2v) is 8.34. The first-order chi connectivity index (χ1) is 14.8. The summed E-state index contributed by atoms with van der Waals surface area (Å²) in [6.07, 6.45) is 2.66. The van der Waals surface area contributed by atoms with Gasteiger partial charge in [0.25, 0.3) is 11.8 Å². The van der Waals surface area contributed by atoms with Crippen LogP contribution in [0, 0.1) is 0 Å². The summed E-state index contributed by atoms with van der Waals surface area (Å²) < 4.78 is 16.4. The van der Waals surface area contributed by atoms with Gasteiger partial charge >= 0.3 is 0 Å². The van der Waals surface area contributed by atoms with Gasteiger partial charge in [0.05, 0.1) is 25.8 Å². The van der Waals surface area contributed by atoms with Gasteiger partial charge in [0.15, 0.2) is 6.10 Å². The highest BCUT2D eigenvalue weighted by molar-refractivity contribution is 5.93. The van der Waals surface area contributed by atoms with Gasteiger partial charge in [-0.3, -0.25) is 4.79 Å². The molecule has 1 aliphatic rings. The van der Waals surface area contributed by atoms with E-state index in [1.54, 1.807) is 24.4 Å². The lowest BCUT2D eigenvalue weighted by molar-refractivity contribution is -0.0367. The van der Waals surface area contributed by atoms with Crippen LogP contribution in [0.3, 0.4) is 0 Å². The molecule has 9 nitrogen and oxygen atoms in total. The monoisotopic (exact) mass is 423 g/mol. The number of ether oxygens (including phenoxy) is 2. The maximum absolute atomic E-state index is 12.9. The standard InChI is InChI=1S/C22H25N5O4/c1-22(2,3)21-23-11-15(12-24-21)20(28)27-9-10-30-17(13-27)19-25-18(26-31-19)14-5-7-16(29-4)8-6-14/h5-8,11-12,17H,9-10,13H2,1-4H3. The van der Waals surface area contributed by atoms with Crippen molar-refractivity contribution in [3.63, 3.8) is 0 Å². The predicted molar refractivity (Wildman–Crippen MR) is 112 cm³/mol. The lowest BCUT2D eigenvalue weighted by Gasteiger charge is -2.31. The first-order valence-corrected chi connectivity index (χ1v) is 10.1. The smallest absolute Gasteiger partial charge is 0.257 e. The number of hydrogen-bond donors (Lipinski definition) is 0. The largest absolute Gasteiger partial charge is 0.497 e. The molecule has 0 aliphatic carbocycles. The Morgan fingerprint density at radius 1 is 1.16 bits per heavy atom. The van der Waals surface area contributed by atoms with E-state index in [4.69, 9.17) is 14.0 Å². The summed E-state index contributed by atoms with van der Waals surface area (Å²) in [6.45, 7) is 7.24. The molecule has 1 saturated heterocycles. The predicted octanol–water partition coefficient (Wildman–Crippen LogP) is 3.05. The van der Waals surface area contributed by atoms with Crippen molar-refractivity contribution in [2.24, 2.45) is 0 Å². The maximum atomic E-state index is 12.9. The molecule has 1 amide bonds. The van der Waals surface area contributed by atoms with Crippen LogP contribution >= 0.6 is 0 Å². The summed E-state index contributed by atoms with van der Waals surface area (Å²) in [6, 6.07) is 7.37. The van der Waals surface area contributed by atoms with Crippen LogP contribution in [0.1, 0.15) is 48.9 Å². The van der Waals surface area contributed by atoms with Gasteiger partial charge in [-0.25, -0.2) is 9.97 Å². The summed E-state index contributed by atoms with van der Waals surface area (Å²) in [7, 11) is 1.61. The van der Waals surface area contributed by atoms with Crippen molar-refractivity contribution in [2.45, 2.75) is 32.3 Å². The Morgan fingerprint density at radius 2 is 1.87 bits per heavy atom. The molecule has 31 heavy (non-hydrogen) atoms. The number of carbonyl (C=O) groups excluding carboxylic acids is 1. The van der Waals surface area contributed by atoms with Crippen molar-refractivity contribution in [1.82, 2.24) is 25.0 Å². The van der Waals surface area contributed by atoms with Gasteiger partial charge in [-0.05, 0) is 24.3 Å². The fraction of sp³-hybridized carbons (Fsp3) is 0.409. The van der Waals surface area contributed by atoms with E-state index in [0.717, 1.165) is 11.3 Å². The van der Waals surface area contributed by atoms with Crippen molar-refractivity contribution in [2.75, 3.05) is 26.8 Å². The third kappa shape index (κ3) is 4.56. The lowest BCUT2D eigenvalue weighted by atomic mass is 9.96. The fourth-order valence-corrected chi connectivity index (χ4v) is 3.21. The second-order valence-electron chi connectivity index (χ2n) is 8.34. The Labute approximate surface area is 180 Å². The maximum Gasteiger partial charge on any atom is 0.257 e. The first-order valence-electron chi connectivity index (χ1n) is 10.1. The molecule has 0 bridgehead atoms. The highest BCUT2D eigenvalue weighted by Crippen LogP contribution is 2.26. The van der Waals surface area contributed by atoms with Crippen LogP contribution in [0.2, 0.25) is 0 Å². The number of morpholine rings is 1. The topological polar surface area (TPSA) is 103 Å². The Kier molecular flexibility index (Phi) is 5.69. The van der Waals surface area contributed by atoms with Gasteiger partial charge in [0, 0.05) is 29.9 Å². The number of rotatable bonds is 4. The summed E-state index contributed by atoms with van der Waals surface area (Å²) in [5, 5.41) is 4.05. The van der Waals surface area contributed by atoms with Gasteiger partial charge in [-0.1, -0.05) is 25.9 Å². The molecule has 1 aromatic carbocycles. The number of hydrogen-bond acceptors (Lipinski definition) is 8. The summed E-state index contributed by atoms with van der Waals surface area (Å²) in [4.78, 5) is 27.8. The number of carbonyl (C=O) groups is 1. The van der Waals surface area contributed by atoms with E-state index < -0.39 is 6.10 Å². The van der Waals surface area contributed by atoms with Gasteiger partial charge in [-0.15, -0.1) is 0 Å². The zero-order chi connectivity index (χ0) is 22.0. The Morgan fingerprint density at radius 3 is 2.52 bits per heavy atom. The van der Waals surface area contributed by atoms with Crippen LogP contribution in [-0.2, 0) is 10.2 Å². The van der Waals surface area contributed by atoms with Crippen LogP contribution in [0.5, 0.6) is 5.75 Å². The van der Waals surface area contributed by atoms with E-state index in [0.29, 0.717) is 42.8 Å². The normalized spacial score (nSPS) is 16.9. The highest BCUT2D eigenvalue weighted by Gasteiger charge is 2.30. The molecule has 1 aliphatic heterocycles. The average Bonchev–Trinajstić information content (AvgIpc) is 3.29. The quantitative estimate of drug-likeness (QED) is 0.631. The minimum atomic E-state index is -0.494. The van der Waals surface area contributed by atoms with E-state index in [-0.39, 0.29) is 11.3 Å². The minimum absolute atomic E-state index is 0.149. The van der Waals surface area contributed by atoms with E-state index in [1.165, 1.54) is 0 Å². The SMILES string of the molecule is COc1ccc(-c2noc(C3CN(C(=O)c4cnc(C(C)(C)C)nc4)CCO3)n2)cc1. The Hall–Kier alpha value is -3.33. The number of amides is 1. The molecule has 3 aromatic rings. The van der Waals surface area contributed by atoms with E-state index in [9.17, 15) is 4.79 Å². The van der Waals surface area contributed by atoms with E-state index >= 15 is 0 Å². The van der Waals surface area contributed by atoms with E-state index in [2.05, 4.69) is 20.1 Å². The Balaban J connectivity index is 1.46. The Bertz CT molecular complexity index is 1040. The van der Waals surface area contributed by atoms with Gasteiger partial charge in [-0.2, -0.15) is 4.98 Å². The summed E-state index contributed by atoms with van der Waals surface area (Å²) in [5.41, 5.74) is 1.07. The molecular weight excluding hydrogens is 398 g/mol. The molecular formula is C22H25N5O4. The molecule has 162 valence electrons.